The number of hydrogen-bond donors (Lipinski definition) is 2. The highest BCUT2D eigenvalue weighted by atomic mass is 35.5. The third-order valence-corrected chi connectivity index (χ3v) is 4.49. The summed E-state index contributed by atoms with van der Waals surface area (Å²) in [5.41, 5.74) is 0.720. The van der Waals surface area contributed by atoms with Crippen molar-refractivity contribution in [1.82, 2.24) is 20.1 Å². The van der Waals surface area contributed by atoms with E-state index in [-0.39, 0.29) is 28.0 Å². The predicted molar refractivity (Wildman–Crippen MR) is 107 cm³/mol. The van der Waals surface area contributed by atoms with Gasteiger partial charge in [-0.25, -0.2) is 8.78 Å². The molecule has 7 nitrogen and oxygen atoms in total. The van der Waals surface area contributed by atoms with Gasteiger partial charge >= 0.3 is 0 Å². The first kappa shape index (κ1) is 21.4. The number of nitrogens with zero attached hydrogens (tertiary/aromatic N) is 3. The number of H-pyrrole nitrogens is 1. The third-order valence-electron chi connectivity index (χ3n) is 4.18. The molecule has 0 radical (unpaired) electrons. The van der Waals surface area contributed by atoms with Crippen molar-refractivity contribution in [2.45, 2.75) is 19.9 Å². The molecule has 0 unspecified atom stereocenters. The van der Waals surface area contributed by atoms with Crippen LogP contribution >= 0.6 is 11.6 Å². The molecule has 0 spiro atoms. The van der Waals surface area contributed by atoms with Gasteiger partial charge in [0.25, 0.3) is 11.8 Å². The van der Waals surface area contributed by atoms with Crippen LogP contribution in [0.1, 0.15) is 39.8 Å². The van der Waals surface area contributed by atoms with Gasteiger partial charge in [0.1, 0.15) is 5.82 Å². The Balaban J connectivity index is 1.73. The number of hydrogen-bond acceptors (Lipinski definition) is 4. The summed E-state index contributed by atoms with van der Waals surface area (Å²) >= 11 is 5.81. The lowest BCUT2D eigenvalue weighted by Crippen LogP contribution is -2.31. The Labute approximate surface area is 176 Å². The highest BCUT2D eigenvalue weighted by Gasteiger charge is 2.20. The van der Waals surface area contributed by atoms with E-state index in [9.17, 15) is 18.4 Å². The van der Waals surface area contributed by atoms with Crippen LogP contribution in [0.3, 0.4) is 0 Å². The molecule has 0 aliphatic carbocycles. The topological polar surface area (TPSA) is 91.0 Å². The molecule has 2 N–H and O–H groups in total. The Hall–Kier alpha value is -3.33. The summed E-state index contributed by atoms with van der Waals surface area (Å²) in [5, 5.41) is 8.68. The fourth-order valence-electron chi connectivity index (χ4n) is 2.78. The van der Waals surface area contributed by atoms with E-state index >= 15 is 0 Å². The number of halogens is 3. The molecule has 3 rings (SSSR count). The van der Waals surface area contributed by atoms with E-state index in [1.54, 1.807) is 23.4 Å². The van der Waals surface area contributed by atoms with Crippen LogP contribution in [0.2, 0.25) is 5.02 Å². The zero-order valence-corrected chi connectivity index (χ0v) is 16.7. The normalized spacial score (nSPS) is 10.7. The summed E-state index contributed by atoms with van der Waals surface area (Å²) < 4.78 is 26.6. The number of anilines is 1. The van der Waals surface area contributed by atoms with Crippen LogP contribution in [-0.2, 0) is 6.54 Å². The summed E-state index contributed by atoms with van der Waals surface area (Å²) in [4.78, 5) is 30.8. The first-order chi connectivity index (χ1) is 14.4. The molecular weight excluding hydrogens is 416 g/mol. The first-order valence-electron chi connectivity index (χ1n) is 9.08. The number of aromatic nitrogens is 3. The largest absolute Gasteiger partial charge is 0.333 e. The van der Waals surface area contributed by atoms with Crippen LogP contribution in [0, 0.1) is 11.6 Å². The number of aromatic amines is 1. The number of carbonyl (C=O) groups excluding carboxylic acids is 2. The molecule has 2 aromatic heterocycles. The quantitative estimate of drug-likeness (QED) is 0.550. The summed E-state index contributed by atoms with van der Waals surface area (Å²) in [6.07, 6.45) is 4.07. The van der Waals surface area contributed by atoms with E-state index in [1.807, 2.05) is 13.0 Å². The van der Waals surface area contributed by atoms with E-state index in [2.05, 4.69) is 20.5 Å². The SMILES string of the molecule is CCCN(Cc1cccnc1)C(=O)c1cc(NC(=O)c2cc(F)c(F)cc2Cl)[nH]n1. The van der Waals surface area contributed by atoms with E-state index < -0.39 is 17.5 Å². The minimum atomic E-state index is -1.20. The van der Waals surface area contributed by atoms with Gasteiger partial charge in [0.15, 0.2) is 17.3 Å². The molecule has 0 atom stereocenters. The number of carbonyl (C=O) groups is 2. The maximum atomic E-state index is 13.4. The molecule has 2 amide bonds. The molecule has 30 heavy (non-hydrogen) atoms. The molecule has 2 heterocycles. The van der Waals surface area contributed by atoms with E-state index in [4.69, 9.17) is 11.6 Å². The van der Waals surface area contributed by atoms with Crippen molar-refractivity contribution in [3.8, 4) is 0 Å². The first-order valence-corrected chi connectivity index (χ1v) is 9.46. The summed E-state index contributed by atoms with van der Waals surface area (Å²) in [7, 11) is 0. The molecule has 156 valence electrons. The van der Waals surface area contributed by atoms with Crippen LogP contribution in [0.25, 0.3) is 0 Å². The number of pyridine rings is 1. The van der Waals surface area contributed by atoms with E-state index in [1.165, 1.54) is 6.07 Å². The van der Waals surface area contributed by atoms with Crippen LogP contribution < -0.4 is 5.32 Å². The number of nitrogens with one attached hydrogen (secondary N) is 2. The second kappa shape index (κ2) is 9.45. The number of rotatable bonds is 7. The van der Waals surface area contributed by atoms with Crippen molar-refractivity contribution in [1.29, 1.82) is 0 Å². The molecule has 0 bridgehead atoms. The molecule has 0 saturated carbocycles. The molecular formula is C20H18ClF2N5O2. The van der Waals surface area contributed by atoms with Crippen molar-refractivity contribution in [2.75, 3.05) is 11.9 Å². The standard InChI is InChI=1S/C20H18ClF2N5O2/c1-2-6-28(11-12-4-3-5-24-10-12)20(30)17-9-18(27-26-17)25-19(29)13-7-15(22)16(23)8-14(13)21/h3-5,7-10H,2,6,11H2,1H3,(H2,25,26,27,29). The molecule has 0 aliphatic rings. The molecule has 0 saturated heterocycles. The number of amides is 2. The van der Waals surface area contributed by atoms with Gasteiger partial charge in [-0.3, -0.25) is 19.7 Å². The highest BCUT2D eigenvalue weighted by Crippen LogP contribution is 2.21. The van der Waals surface area contributed by atoms with Gasteiger partial charge in [0, 0.05) is 31.5 Å². The smallest absolute Gasteiger partial charge is 0.274 e. The summed E-state index contributed by atoms with van der Waals surface area (Å²) in [5.74, 6) is -3.35. The van der Waals surface area contributed by atoms with Gasteiger partial charge < -0.3 is 10.2 Å². The third kappa shape index (κ3) is 4.98. The average molecular weight is 434 g/mol. The Morgan fingerprint density at radius 2 is 2.00 bits per heavy atom. The second-order valence-corrected chi connectivity index (χ2v) is 6.86. The minimum Gasteiger partial charge on any atom is -0.333 e. The lowest BCUT2D eigenvalue weighted by atomic mass is 10.2. The van der Waals surface area contributed by atoms with Crippen molar-refractivity contribution in [3.05, 3.63) is 76.2 Å². The Bertz CT molecular complexity index is 1060. The van der Waals surface area contributed by atoms with Crippen LogP contribution in [0.4, 0.5) is 14.6 Å². The Morgan fingerprint density at radius 3 is 2.70 bits per heavy atom. The van der Waals surface area contributed by atoms with Gasteiger partial charge in [-0.15, -0.1) is 0 Å². The predicted octanol–water partition coefficient (Wildman–Crippen LogP) is 4.04. The van der Waals surface area contributed by atoms with Crippen molar-refractivity contribution in [2.24, 2.45) is 0 Å². The Morgan fingerprint density at radius 1 is 1.23 bits per heavy atom. The van der Waals surface area contributed by atoms with Gasteiger partial charge in [-0.05, 0) is 30.2 Å². The highest BCUT2D eigenvalue weighted by molar-refractivity contribution is 6.34. The fourth-order valence-corrected chi connectivity index (χ4v) is 3.01. The van der Waals surface area contributed by atoms with Gasteiger partial charge in [-0.2, -0.15) is 5.10 Å². The number of benzene rings is 1. The van der Waals surface area contributed by atoms with E-state index in [0.717, 1.165) is 18.1 Å². The zero-order valence-electron chi connectivity index (χ0n) is 16.0. The maximum Gasteiger partial charge on any atom is 0.274 e. The van der Waals surface area contributed by atoms with Gasteiger partial charge in [0.05, 0.1) is 10.6 Å². The Kier molecular flexibility index (Phi) is 6.73. The lowest BCUT2D eigenvalue weighted by molar-refractivity contribution is 0.0737. The van der Waals surface area contributed by atoms with Crippen LogP contribution in [0.15, 0.2) is 42.7 Å². The second-order valence-electron chi connectivity index (χ2n) is 6.46. The lowest BCUT2D eigenvalue weighted by Gasteiger charge is -2.21. The molecule has 1 aromatic carbocycles. The fraction of sp³-hybridized carbons (Fsp3) is 0.200. The monoisotopic (exact) mass is 433 g/mol. The average Bonchev–Trinajstić information content (AvgIpc) is 3.19. The minimum absolute atomic E-state index is 0.0963. The molecule has 0 aliphatic heterocycles. The van der Waals surface area contributed by atoms with Gasteiger partial charge in [-0.1, -0.05) is 24.6 Å². The molecule has 0 fully saturated rings. The van der Waals surface area contributed by atoms with Crippen LogP contribution in [0.5, 0.6) is 0 Å². The van der Waals surface area contributed by atoms with E-state index in [0.29, 0.717) is 19.2 Å². The zero-order chi connectivity index (χ0) is 21.7. The van der Waals surface area contributed by atoms with Crippen molar-refractivity contribution in [3.63, 3.8) is 0 Å². The molecule has 3 aromatic rings. The van der Waals surface area contributed by atoms with Crippen LogP contribution in [-0.4, -0.2) is 38.4 Å². The van der Waals surface area contributed by atoms with Gasteiger partial charge in [0.2, 0.25) is 0 Å². The summed E-state index contributed by atoms with van der Waals surface area (Å²) in [6, 6.07) is 6.43. The molecule has 10 heteroatoms. The van der Waals surface area contributed by atoms with Crippen molar-refractivity contribution >= 4 is 29.2 Å². The summed E-state index contributed by atoms with van der Waals surface area (Å²) in [6.45, 7) is 2.82. The van der Waals surface area contributed by atoms with Crippen molar-refractivity contribution < 1.29 is 18.4 Å². The maximum absolute atomic E-state index is 13.4.